The molecule has 0 saturated heterocycles. The van der Waals surface area contributed by atoms with E-state index in [1.54, 1.807) is 6.20 Å². The third-order valence-electron chi connectivity index (χ3n) is 6.27. The lowest BCUT2D eigenvalue weighted by atomic mass is 9.89. The van der Waals surface area contributed by atoms with E-state index in [1.165, 1.54) is 37.7 Å². The first kappa shape index (κ1) is 20.6. The molecule has 2 aromatic heterocycles. The Balaban J connectivity index is 1.50. The molecule has 0 atom stereocenters. The van der Waals surface area contributed by atoms with Gasteiger partial charge in [0, 0.05) is 25.8 Å². The fourth-order valence-corrected chi connectivity index (χ4v) is 6.19. The fourth-order valence-electron chi connectivity index (χ4n) is 4.35. The van der Waals surface area contributed by atoms with Crippen molar-refractivity contribution in [3.8, 4) is 0 Å². The highest BCUT2D eigenvalue weighted by molar-refractivity contribution is 7.91. The van der Waals surface area contributed by atoms with Crippen molar-refractivity contribution in [1.82, 2.24) is 24.6 Å². The number of aromatic amines is 1. The van der Waals surface area contributed by atoms with Crippen LogP contribution in [0.1, 0.15) is 56.2 Å². The number of sulfone groups is 1. The number of H-pyrrole nitrogens is 1. The summed E-state index contributed by atoms with van der Waals surface area (Å²) in [6.45, 7) is 2.37. The molecule has 0 aliphatic heterocycles. The number of hydrogen-bond donors (Lipinski definition) is 1. The predicted molar refractivity (Wildman–Crippen MR) is 112 cm³/mol. The van der Waals surface area contributed by atoms with Gasteiger partial charge in [0.25, 0.3) is 0 Å². The van der Waals surface area contributed by atoms with Crippen LogP contribution < -0.4 is 0 Å². The molecule has 0 radical (unpaired) electrons. The van der Waals surface area contributed by atoms with Crippen molar-refractivity contribution in [1.29, 1.82) is 0 Å². The van der Waals surface area contributed by atoms with E-state index in [4.69, 9.17) is 0 Å². The molecule has 29 heavy (non-hydrogen) atoms. The van der Waals surface area contributed by atoms with Crippen molar-refractivity contribution in [2.24, 2.45) is 11.8 Å². The summed E-state index contributed by atoms with van der Waals surface area (Å²) in [4.78, 5) is 6.67. The number of nitrogens with zero attached hydrogens (tertiary/aromatic N) is 4. The molecular formula is C21H33N5O2S. The third-order valence-corrected chi connectivity index (χ3v) is 8.06. The van der Waals surface area contributed by atoms with E-state index in [0.29, 0.717) is 23.5 Å². The predicted octanol–water partition coefficient (Wildman–Crippen LogP) is 3.04. The molecular weight excluding hydrogens is 386 g/mol. The van der Waals surface area contributed by atoms with Gasteiger partial charge in [0.1, 0.15) is 0 Å². The maximum absolute atomic E-state index is 13.0. The van der Waals surface area contributed by atoms with Crippen molar-refractivity contribution >= 4 is 9.84 Å². The highest BCUT2D eigenvalue weighted by Gasteiger charge is 2.33. The van der Waals surface area contributed by atoms with Crippen LogP contribution in [0, 0.1) is 11.8 Å². The Bertz CT molecular complexity index is 880. The van der Waals surface area contributed by atoms with E-state index in [-0.39, 0.29) is 5.75 Å². The summed E-state index contributed by atoms with van der Waals surface area (Å²) in [6, 6.07) is 0. The maximum Gasteiger partial charge on any atom is 0.227 e. The zero-order valence-electron chi connectivity index (χ0n) is 17.4. The lowest BCUT2D eigenvalue weighted by Crippen LogP contribution is -2.25. The zero-order valence-corrected chi connectivity index (χ0v) is 18.2. The molecule has 0 bridgehead atoms. The molecule has 7 nitrogen and oxygen atoms in total. The Morgan fingerprint density at radius 2 is 1.93 bits per heavy atom. The number of hydrogen-bond acceptors (Lipinski definition) is 5. The van der Waals surface area contributed by atoms with E-state index in [9.17, 15) is 8.42 Å². The van der Waals surface area contributed by atoms with E-state index in [1.807, 2.05) is 17.0 Å². The quantitative estimate of drug-likeness (QED) is 0.640. The number of rotatable bonds is 10. The average molecular weight is 420 g/mol. The van der Waals surface area contributed by atoms with Gasteiger partial charge in [0.15, 0.2) is 0 Å². The van der Waals surface area contributed by atoms with Crippen LogP contribution in [-0.2, 0) is 29.3 Å². The summed E-state index contributed by atoms with van der Waals surface area (Å²) in [5.74, 6) is 1.15. The summed E-state index contributed by atoms with van der Waals surface area (Å²) in [5.41, 5.74) is 2.19. The maximum atomic E-state index is 13.0. The van der Waals surface area contributed by atoms with Crippen LogP contribution in [-0.4, -0.2) is 52.4 Å². The minimum atomic E-state index is -3.32. The number of likely N-dealkylation sites (N-methyl/N-ethyl adjacent to an activating group) is 1. The average Bonchev–Trinajstić information content (AvgIpc) is 3.17. The molecule has 2 aliphatic carbocycles. The lowest BCUT2D eigenvalue weighted by molar-refractivity contribution is 0.287. The second kappa shape index (κ2) is 9.00. The molecule has 1 N–H and O–H groups in total. The third kappa shape index (κ3) is 5.48. The Kier molecular flexibility index (Phi) is 6.39. The van der Waals surface area contributed by atoms with E-state index in [0.717, 1.165) is 38.0 Å². The Labute approximate surface area is 173 Å². The van der Waals surface area contributed by atoms with Gasteiger partial charge in [-0.1, -0.05) is 19.3 Å². The molecule has 2 saturated carbocycles. The van der Waals surface area contributed by atoms with Crippen LogP contribution in [0.2, 0.25) is 0 Å². The van der Waals surface area contributed by atoms with Gasteiger partial charge in [-0.3, -0.25) is 5.10 Å². The molecule has 2 heterocycles. The Morgan fingerprint density at radius 1 is 1.14 bits per heavy atom. The van der Waals surface area contributed by atoms with Crippen molar-refractivity contribution < 1.29 is 8.42 Å². The highest BCUT2D eigenvalue weighted by Crippen LogP contribution is 2.33. The van der Waals surface area contributed by atoms with Gasteiger partial charge < -0.3 is 9.47 Å². The topological polar surface area (TPSA) is 83.9 Å². The number of imidazole rings is 1. The van der Waals surface area contributed by atoms with Crippen molar-refractivity contribution in [3.05, 3.63) is 29.8 Å². The molecule has 8 heteroatoms. The first-order valence-electron chi connectivity index (χ1n) is 10.9. The molecule has 0 unspecified atom stereocenters. The first-order chi connectivity index (χ1) is 14.0. The standard InChI is InChI=1S/C21H33N5O2S/c1-25(10-9-19-11-23-24-12-19)15-20-13-22-21(29(27,28)16-18-7-8-18)26(20)14-17-5-3-2-4-6-17/h11-13,17-18H,2-10,14-16H2,1H3,(H,23,24). The van der Waals surface area contributed by atoms with Crippen LogP contribution >= 0.6 is 0 Å². The molecule has 2 aromatic rings. The molecule has 2 fully saturated rings. The molecule has 0 spiro atoms. The first-order valence-corrected chi connectivity index (χ1v) is 12.6. The second-order valence-corrected chi connectivity index (χ2v) is 10.9. The van der Waals surface area contributed by atoms with E-state index >= 15 is 0 Å². The van der Waals surface area contributed by atoms with Crippen LogP contribution in [0.3, 0.4) is 0 Å². The molecule has 0 amide bonds. The van der Waals surface area contributed by atoms with Gasteiger partial charge in [-0.2, -0.15) is 5.10 Å². The van der Waals surface area contributed by atoms with Gasteiger partial charge >= 0.3 is 0 Å². The van der Waals surface area contributed by atoms with E-state index < -0.39 is 9.84 Å². The smallest absolute Gasteiger partial charge is 0.227 e. The molecule has 2 aliphatic rings. The molecule has 0 aromatic carbocycles. The minimum absolute atomic E-state index is 0.254. The number of aromatic nitrogens is 4. The highest BCUT2D eigenvalue weighted by atomic mass is 32.2. The summed E-state index contributed by atoms with van der Waals surface area (Å²) in [5, 5.41) is 7.15. The SMILES string of the molecule is CN(CCc1cn[nH]c1)Cc1cnc(S(=O)(=O)CC2CC2)n1CC1CCCCC1. The normalized spacial score (nSPS) is 18.6. The monoisotopic (exact) mass is 419 g/mol. The Hall–Kier alpha value is -1.67. The second-order valence-electron chi connectivity index (χ2n) is 8.97. The summed E-state index contributed by atoms with van der Waals surface area (Å²) < 4.78 is 28.1. The van der Waals surface area contributed by atoms with Crippen LogP contribution in [0.4, 0.5) is 0 Å². The zero-order chi connectivity index (χ0) is 20.3. The van der Waals surface area contributed by atoms with Gasteiger partial charge in [-0.15, -0.1) is 0 Å². The van der Waals surface area contributed by atoms with Crippen molar-refractivity contribution in [3.63, 3.8) is 0 Å². The van der Waals surface area contributed by atoms with Crippen LogP contribution in [0.15, 0.2) is 23.7 Å². The van der Waals surface area contributed by atoms with Crippen LogP contribution in [0.25, 0.3) is 0 Å². The lowest BCUT2D eigenvalue weighted by Gasteiger charge is -2.25. The van der Waals surface area contributed by atoms with Gasteiger partial charge in [0.05, 0.1) is 23.8 Å². The van der Waals surface area contributed by atoms with E-state index in [2.05, 4.69) is 27.1 Å². The number of nitrogens with one attached hydrogen (secondary N) is 1. The molecule has 4 rings (SSSR count). The fraction of sp³-hybridized carbons (Fsp3) is 0.714. The summed E-state index contributed by atoms with van der Waals surface area (Å²) in [6.07, 6.45) is 14.7. The summed E-state index contributed by atoms with van der Waals surface area (Å²) in [7, 11) is -1.24. The van der Waals surface area contributed by atoms with Crippen molar-refractivity contribution in [2.45, 2.75) is 69.6 Å². The summed E-state index contributed by atoms with van der Waals surface area (Å²) >= 11 is 0. The van der Waals surface area contributed by atoms with Gasteiger partial charge in [0.2, 0.25) is 15.0 Å². The van der Waals surface area contributed by atoms with Crippen LogP contribution in [0.5, 0.6) is 0 Å². The molecule has 160 valence electrons. The Morgan fingerprint density at radius 3 is 2.62 bits per heavy atom. The van der Waals surface area contributed by atoms with Crippen molar-refractivity contribution in [2.75, 3.05) is 19.3 Å². The largest absolute Gasteiger partial charge is 0.317 e. The van der Waals surface area contributed by atoms with Gasteiger partial charge in [-0.05, 0) is 56.6 Å². The van der Waals surface area contributed by atoms with Gasteiger partial charge in [-0.25, -0.2) is 13.4 Å². The minimum Gasteiger partial charge on any atom is -0.317 e.